The Morgan fingerprint density at radius 2 is 1.85 bits per heavy atom. The van der Waals surface area contributed by atoms with E-state index in [1.165, 1.54) is 49.9 Å². The molecule has 20 heavy (non-hydrogen) atoms. The SMILES string of the molecule is CC.NC1CCc2cc(CN3CCCCC3)ccc2C1. The molecule has 2 aliphatic rings. The Balaban J connectivity index is 0.000000704. The molecule has 0 spiro atoms. The second kappa shape index (κ2) is 7.80. The first-order valence-corrected chi connectivity index (χ1v) is 8.40. The first-order valence-electron chi connectivity index (χ1n) is 8.40. The minimum atomic E-state index is 0.380. The van der Waals surface area contributed by atoms with Crippen molar-refractivity contribution in [2.24, 2.45) is 5.73 Å². The number of nitrogens with zero attached hydrogens (tertiary/aromatic N) is 1. The number of fused-ring (bicyclic) bond motifs is 1. The van der Waals surface area contributed by atoms with E-state index in [4.69, 9.17) is 5.73 Å². The molecule has 1 saturated heterocycles. The minimum absolute atomic E-state index is 0.380. The quantitative estimate of drug-likeness (QED) is 0.894. The molecule has 1 aromatic rings. The molecule has 2 heteroatoms. The van der Waals surface area contributed by atoms with Crippen molar-refractivity contribution >= 4 is 0 Å². The van der Waals surface area contributed by atoms with Crippen molar-refractivity contribution in [2.75, 3.05) is 13.1 Å². The zero-order valence-corrected chi connectivity index (χ0v) is 13.2. The van der Waals surface area contributed by atoms with Gasteiger partial charge in [-0.15, -0.1) is 0 Å². The van der Waals surface area contributed by atoms with Crippen LogP contribution in [0.15, 0.2) is 18.2 Å². The third kappa shape index (κ3) is 4.07. The van der Waals surface area contributed by atoms with Crippen LogP contribution in [-0.4, -0.2) is 24.0 Å². The third-order valence-corrected chi connectivity index (χ3v) is 4.39. The maximum absolute atomic E-state index is 6.03. The highest BCUT2D eigenvalue weighted by molar-refractivity contribution is 5.34. The molecule has 0 amide bonds. The number of benzene rings is 1. The van der Waals surface area contributed by atoms with Gasteiger partial charge < -0.3 is 5.73 Å². The average Bonchev–Trinajstić information content (AvgIpc) is 2.50. The monoisotopic (exact) mass is 274 g/mol. The van der Waals surface area contributed by atoms with Crippen molar-refractivity contribution in [3.63, 3.8) is 0 Å². The van der Waals surface area contributed by atoms with Crippen LogP contribution >= 0.6 is 0 Å². The summed E-state index contributed by atoms with van der Waals surface area (Å²) in [4.78, 5) is 2.60. The van der Waals surface area contributed by atoms with E-state index >= 15 is 0 Å². The highest BCUT2D eigenvalue weighted by Crippen LogP contribution is 2.23. The molecule has 1 unspecified atom stereocenters. The summed E-state index contributed by atoms with van der Waals surface area (Å²) in [6.45, 7) is 7.70. The van der Waals surface area contributed by atoms with Crippen LogP contribution in [0.4, 0.5) is 0 Å². The van der Waals surface area contributed by atoms with E-state index in [9.17, 15) is 0 Å². The van der Waals surface area contributed by atoms with Gasteiger partial charge in [0.25, 0.3) is 0 Å². The van der Waals surface area contributed by atoms with Crippen LogP contribution in [0.2, 0.25) is 0 Å². The van der Waals surface area contributed by atoms with E-state index in [1.54, 1.807) is 5.56 Å². The summed E-state index contributed by atoms with van der Waals surface area (Å²) >= 11 is 0. The number of hydrogen-bond acceptors (Lipinski definition) is 2. The minimum Gasteiger partial charge on any atom is -0.327 e. The second-order valence-corrected chi connectivity index (χ2v) is 5.94. The van der Waals surface area contributed by atoms with Crippen LogP contribution in [0.5, 0.6) is 0 Å². The summed E-state index contributed by atoms with van der Waals surface area (Å²) in [5.41, 5.74) is 10.6. The fraction of sp³-hybridized carbons (Fsp3) is 0.667. The zero-order valence-electron chi connectivity index (χ0n) is 13.2. The summed E-state index contributed by atoms with van der Waals surface area (Å²) in [6, 6.07) is 7.43. The molecule has 1 aliphatic carbocycles. The van der Waals surface area contributed by atoms with Gasteiger partial charge in [0.1, 0.15) is 0 Å². The van der Waals surface area contributed by atoms with Gasteiger partial charge in [-0.3, -0.25) is 4.90 Å². The lowest BCUT2D eigenvalue weighted by atomic mass is 9.87. The van der Waals surface area contributed by atoms with Gasteiger partial charge in [-0.05, 0) is 61.9 Å². The van der Waals surface area contributed by atoms with E-state index < -0.39 is 0 Å². The fourth-order valence-corrected chi connectivity index (χ4v) is 3.31. The first-order chi connectivity index (χ1) is 9.81. The van der Waals surface area contributed by atoms with Crippen LogP contribution < -0.4 is 5.73 Å². The van der Waals surface area contributed by atoms with E-state index in [1.807, 2.05) is 13.8 Å². The standard InChI is InChI=1S/C16H24N2.C2H6/c17-16-7-6-14-10-13(4-5-15(14)11-16)12-18-8-2-1-3-9-18;1-2/h4-5,10,16H,1-3,6-9,11-12,17H2;1-2H3. The lowest BCUT2D eigenvalue weighted by Gasteiger charge is -2.27. The molecule has 1 heterocycles. The van der Waals surface area contributed by atoms with E-state index in [0.717, 1.165) is 19.4 Å². The molecule has 0 saturated carbocycles. The predicted molar refractivity (Wildman–Crippen MR) is 86.9 cm³/mol. The molecule has 112 valence electrons. The maximum Gasteiger partial charge on any atom is 0.0233 e. The Kier molecular flexibility index (Phi) is 6.06. The van der Waals surface area contributed by atoms with Gasteiger partial charge in [0, 0.05) is 12.6 Å². The maximum atomic E-state index is 6.03. The van der Waals surface area contributed by atoms with Crippen LogP contribution in [0, 0.1) is 0 Å². The first kappa shape index (κ1) is 15.5. The molecule has 1 atom stereocenters. The lowest BCUT2D eigenvalue weighted by molar-refractivity contribution is 0.221. The molecule has 2 nitrogen and oxygen atoms in total. The summed E-state index contributed by atoms with van der Waals surface area (Å²) in [5.74, 6) is 0. The Hall–Kier alpha value is -0.860. The highest BCUT2D eigenvalue weighted by Gasteiger charge is 2.16. The fourth-order valence-electron chi connectivity index (χ4n) is 3.31. The molecule has 1 aromatic carbocycles. The second-order valence-electron chi connectivity index (χ2n) is 5.94. The van der Waals surface area contributed by atoms with Crippen molar-refractivity contribution in [1.29, 1.82) is 0 Å². The molecule has 0 bridgehead atoms. The number of hydrogen-bond donors (Lipinski definition) is 1. The summed E-state index contributed by atoms with van der Waals surface area (Å²) < 4.78 is 0. The van der Waals surface area contributed by atoms with Crippen LogP contribution in [0.25, 0.3) is 0 Å². The van der Waals surface area contributed by atoms with Crippen LogP contribution in [-0.2, 0) is 19.4 Å². The van der Waals surface area contributed by atoms with Gasteiger partial charge in [-0.2, -0.15) is 0 Å². The largest absolute Gasteiger partial charge is 0.327 e. The number of likely N-dealkylation sites (tertiary alicyclic amines) is 1. The highest BCUT2D eigenvalue weighted by atomic mass is 15.1. The summed E-state index contributed by atoms with van der Waals surface area (Å²) in [7, 11) is 0. The number of nitrogens with two attached hydrogens (primary N) is 1. The van der Waals surface area contributed by atoms with Gasteiger partial charge in [-0.1, -0.05) is 38.5 Å². The lowest BCUT2D eigenvalue weighted by Crippen LogP contribution is -2.30. The Bertz CT molecular complexity index is 408. The Labute approximate surface area is 124 Å². The van der Waals surface area contributed by atoms with Crippen molar-refractivity contribution in [3.8, 4) is 0 Å². The van der Waals surface area contributed by atoms with Crippen molar-refractivity contribution in [2.45, 2.75) is 65.0 Å². The molecule has 0 aromatic heterocycles. The number of piperidine rings is 1. The summed E-state index contributed by atoms with van der Waals surface area (Å²) in [6.07, 6.45) is 7.56. The number of rotatable bonds is 2. The topological polar surface area (TPSA) is 29.3 Å². The van der Waals surface area contributed by atoms with E-state index in [-0.39, 0.29) is 0 Å². The van der Waals surface area contributed by atoms with Crippen LogP contribution in [0.3, 0.4) is 0 Å². The Morgan fingerprint density at radius 3 is 2.60 bits per heavy atom. The zero-order chi connectivity index (χ0) is 14.4. The van der Waals surface area contributed by atoms with Gasteiger partial charge in [-0.25, -0.2) is 0 Å². The van der Waals surface area contributed by atoms with Gasteiger partial charge in [0.2, 0.25) is 0 Å². The average molecular weight is 274 g/mol. The molecule has 1 aliphatic heterocycles. The molecular weight excluding hydrogens is 244 g/mol. The number of aryl methyl sites for hydroxylation is 1. The molecular formula is C18H30N2. The van der Waals surface area contributed by atoms with E-state index in [2.05, 4.69) is 23.1 Å². The molecule has 1 fully saturated rings. The van der Waals surface area contributed by atoms with Gasteiger partial charge in [0.05, 0.1) is 0 Å². The molecule has 3 rings (SSSR count). The van der Waals surface area contributed by atoms with Crippen molar-refractivity contribution in [3.05, 3.63) is 34.9 Å². The summed E-state index contributed by atoms with van der Waals surface area (Å²) in [5, 5.41) is 0. The predicted octanol–water partition coefficient (Wildman–Crippen LogP) is 3.51. The molecule has 2 N–H and O–H groups in total. The van der Waals surface area contributed by atoms with Crippen LogP contribution in [0.1, 0.15) is 56.2 Å². The Morgan fingerprint density at radius 1 is 1.10 bits per heavy atom. The normalized spacial score (nSPS) is 22.6. The molecule has 0 radical (unpaired) electrons. The van der Waals surface area contributed by atoms with Gasteiger partial charge in [0.15, 0.2) is 0 Å². The van der Waals surface area contributed by atoms with Crippen molar-refractivity contribution in [1.82, 2.24) is 4.90 Å². The third-order valence-electron chi connectivity index (χ3n) is 4.39. The van der Waals surface area contributed by atoms with Gasteiger partial charge >= 0.3 is 0 Å². The van der Waals surface area contributed by atoms with Crippen molar-refractivity contribution < 1.29 is 0 Å². The van der Waals surface area contributed by atoms with E-state index in [0.29, 0.717) is 6.04 Å². The smallest absolute Gasteiger partial charge is 0.0233 e.